The molecule has 1 aromatic carbocycles. The van der Waals surface area contributed by atoms with E-state index in [1.54, 1.807) is 0 Å². The van der Waals surface area contributed by atoms with Gasteiger partial charge in [0.2, 0.25) is 0 Å². The van der Waals surface area contributed by atoms with Crippen molar-refractivity contribution >= 4 is 24.4 Å². The lowest BCUT2D eigenvalue weighted by atomic mass is 10.3. The second-order valence-electron chi connectivity index (χ2n) is 3.57. The van der Waals surface area contributed by atoms with Crippen LogP contribution in [0, 0.1) is 0 Å². The molecule has 1 saturated carbocycles. The van der Waals surface area contributed by atoms with Gasteiger partial charge in [-0.15, -0.1) is 11.8 Å². The molecule has 0 aromatic heterocycles. The molecule has 2 heteroatoms. The van der Waals surface area contributed by atoms with Crippen molar-refractivity contribution < 1.29 is 0 Å². The van der Waals surface area contributed by atoms with Crippen LogP contribution in [0.5, 0.6) is 0 Å². The van der Waals surface area contributed by atoms with Crippen LogP contribution in [0.2, 0.25) is 0 Å². The van der Waals surface area contributed by atoms with E-state index >= 15 is 0 Å². The first kappa shape index (κ1) is 9.47. The fourth-order valence-corrected chi connectivity index (χ4v) is 3.59. The van der Waals surface area contributed by atoms with Crippen molar-refractivity contribution in [2.75, 3.05) is 0 Å². The third-order valence-corrected chi connectivity index (χ3v) is 4.45. The maximum Gasteiger partial charge on any atom is 0.0628 e. The molecule has 13 heavy (non-hydrogen) atoms. The summed E-state index contributed by atoms with van der Waals surface area (Å²) in [7, 11) is 0. The third kappa shape index (κ3) is 2.44. The minimum absolute atomic E-state index is 0.210. The van der Waals surface area contributed by atoms with E-state index in [2.05, 4.69) is 30.3 Å². The SMILES string of the molecule is SC1(Sc2ccccc2)CCCC1. The van der Waals surface area contributed by atoms with Gasteiger partial charge in [0.15, 0.2) is 0 Å². The molecule has 1 fully saturated rings. The van der Waals surface area contributed by atoms with Crippen molar-refractivity contribution in [3.63, 3.8) is 0 Å². The summed E-state index contributed by atoms with van der Waals surface area (Å²) in [5.74, 6) is 0. The molecule has 0 atom stereocenters. The largest absolute Gasteiger partial charge is 0.161 e. The quantitative estimate of drug-likeness (QED) is 0.569. The number of hydrogen-bond donors (Lipinski definition) is 1. The summed E-state index contributed by atoms with van der Waals surface area (Å²) in [6.45, 7) is 0. The third-order valence-electron chi connectivity index (χ3n) is 2.44. The normalized spacial score (nSPS) is 20.4. The molecule has 0 saturated heterocycles. The molecule has 1 aliphatic carbocycles. The zero-order valence-corrected chi connectivity index (χ0v) is 9.28. The number of thioether (sulfide) groups is 1. The molecule has 0 nitrogen and oxygen atoms in total. The molecular formula is C11H14S2. The highest BCUT2D eigenvalue weighted by molar-refractivity contribution is 8.11. The van der Waals surface area contributed by atoms with E-state index < -0.39 is 0 Å². The first-order chi connectivity index (χ1) is 6.29. The van der Waals surface area contributed by atoms with Crippen LogP contribution in [-0.4, -0.2) is 4.08 Å². The van der Waals surface area contributed by atoms with Crippen LogP contribution in [0.4, 0.5) is 0 Å². The maximum absolute atomic E-state index is 4.76. The fourth-order valence-electron chi connectivity index (χ4n) is 1.74. The summed E-state index contributed by atoms with van der Waals surface area (Å²) in [5.41, 5.74) is 0. The average molecular weight is 210 g/mol. The molecule has 2 rings (SSSR count). The molecular weight excluding hydrogens is 196 g/mol. The summed E-state index contributed by atoms with van der Waals surface area (Å²) >= 11 is 6.67. The highest BCUT2D eigenvalue weighted by Gasteiger charge is 2.30. The zero-order chi connectivity index (χ0) is 9.15. The van der Waals surface area contributed by atoms with E-state index in [-0.39, 0.29) is 4.08 Å². The smallest absolute Gasteiger partial charge is 0.0628 e. The Morgan fingerprint density at radius 3 is 2.31 bits per heavy atom. The lowest BCUT2D eigenvalue weighted by Crippen LogP contribution is -2.09. The summed E-state index contributed by atoms with van der Waals surface area (Å²) in [6, 6.07) is 10.6. The van der Waals surface area contributed by atoms with Gasteiger partial charge < -0.3 is 0 Å². The summed E-state index contributed by atoms with van der Waals surface area (Å²) in [4.78, 5) is 1.35. The van der Waals surface area contributed by atoms with Crippen LogP contribution in [0.15, 0.2) is 35.2 Å². The molecule has 0 spiro atoms. The Hall–Kier alpha value is -0.0800. The molecule has 0 radical (unpaired) electrons. The van der Waals surface area contributed by atoms with Crippen molar-refractivity contribution in [1.29, 1.82) is 0 Å². The van der Waals surface area contributed by atoms with Gasteiger partial charge in [0.1, 0.15) is 0 Å². The lowest BCUT2D eigenvalue weighted by Gasteiger charge is -2.21. The van der Waals surface area contributed by atoms with E-state index in [1.165, 1.54) is 30.6 Å². The summed E-state index contributed by atoms with van der Waals surface area (Å²) in [6.07, 6.45) is 5.16. The minimum Gasteiger partial charge on any atom is -0.161 e. The lowest BCUT2D eigenvalue weighted by molar-refractivity contribution is 0.849. The van der Waals surface area contributed by atoms with Gasteiger partial charge in [-0.1, -0.05) is 31.0 Å². The number of thiol groups is 1. The predicted molar refractivity (Wildman–Crippen MR) is 62.5 cm³/mol. The Balaban J connectivity index is 2.05. The van der Waals surface area contributed by atoms with Crippen molar-refractivity contribution in [1.82, 2.24) is 0 Å². The Morgan fingerprint density at radius 1 is 1.08 bits per heavy atom. The van der Waals surface area contributed by atoms with Gasteiger partial charge in [0.05, 0.1) is 4.08 Å². The second kappa shape index (κ2) is 3.97. The first-order valence-corrected chi connectivity index (χ1v) is 6.01. The molecule has 0 aliphatic heterocycles. The number of benzene rings is 1. The van der Waals surface area contributed by atoms with Crippen molar-refractivity contribution in [3.8, 4) is 0 Å². The Bertz CT molecular complexity index is 263. The standard InChI is InChI=1S/C11H14S2/c12-11(8-4-5-9-11)13-10-6-2-1-3-7-10/h1-3,6-7,12H,4-5,8-9H2. The number of hydrogen-bond acceptors (Lipinski definition) is 2. The van der Waals surface area contributed by atoms with Crippen LogP contribution >= 0.6 is 24.4 Å². The first-order valence-electron chi connectivity index (χ1n) is 4.75. The Kier molecular flexibility index (Phi) is 2.89. The van der Waals surface area contributed by atoms with Gasteiger partial charge in [-0.3, -0.25) is 0 Å². The van der Waals surface area contributed by atoms with Gasteiger partial charge in [0.25, 0.3) is 0 Å². The molecule has 0 heterocycles. The molecule has 0 amide bonds. The topological polar surface area (TPSA) is 0 Å². The van der Waals surface area contributed by atoms with Gasteiger partial charge in [0, 0.05) is 4.90 Å². The van der Waals surface area contributed by atoms with E-state index in [0.717, 1.165) is 0 Å². The summed E-state index contributed by atoms with van der Waals surface area (Å²) in [5, 5.41) is 0. The molecule has 1 aliphatic rings. The van der Waals surface area contributed by atoms with Gasteiger partial charge in [-0.25, -0.2) is 0 Å². The van der Waals surface area contributed by atoms with Crippen LogP contribution in [0.3, 0.4) is 0 Å². The Morgan fingerprint density at radius 2 is 1.69 bits per heavy atom. The van der Waals surface area contributed by atoms with Crippen LogP contribution in [0.1, 0.15) is 25.7 Å². The Labute approximate surface area is 89.5 Å². The minimum atomic E-state index is 0.210. The highest BCUT2D eigenvalue weighted by atomic mass is 32.2. The van der Waals surface area contributed by atoms with Crippen molar-refractivity contribution in [2.24, 2.45) is 0 Å². The molecule has 0 unspecified atom stereocenters. The van der Waals surface area contributed by atoms with E-state index in [1.807, 2.05) is 11.8 Å². The fraction of sp³-hybridized carbons (Fsp3) is 0.455. The summed E-state index contributed by atoms with van der Waals surface area (Å²) < 4.78 is 0.210. The van der Waals surface area contributed by atoms with E-state index in [4.69, 9.17) is 12.6 Å². The zero-order valence-electron chi connectivity index (χ0n) is 7.57. The monoisotopic (exact) mass is 210 g/mol. The number of rotatable bonds is 2. The highest BCUT2D eigenvalue weighted by Crippen LogP contribution is 2.47. The van der Waals surface area contributed by atoms with E-state index in [9.17, 15) is 0 Å². The van der Waals surface area contributed by atoms with Crippen molar-refractivity contribution in [3.05, 3.63) is 30.3 Å². The van der Waals surface area contributed by atoms with Gasteiger partial charge >= 0.3 is 0 Å². The molecule has 70 valence electrons. The second-order valence-corrected chi connectivity index (χ2v) is 6.18. The van der Waals surface area contributed by atoms with E-state index in [0.29, 0.717) is 0 Å². The molecule has 0 N–H and O–H groups in total. The van der Waals surface area contributed by atoms with Crippen LogP contribution < -0.4 is 0 Å². The van der Waals surface area contributed by atoms with Crippen LogP contribution in [-0.2, 0) is 0 Å². The van der Waals surface area contributed by atoms with Gasteiger partial charge in [-0.2, -0.15) is 12.6 Å². The van der Waals surface area contributed by atoms with Crippen LogP contribution in [0.25, 0.3) is 0 Å². The van der Waals surface area contributed by atoms with Gasteiger partial charge in [-0.05, 0) is 25.0 Å². The van der Waals surface area contributed by atoms with Crippen molar-refractivity contribution in [2.45, 2.75) is 34.7 Å². The average Bonchev–Trinajstić information content (AvgIpc) is 2.54. The maximum atomic E-state index is 4.76. The molecule has 0 bridgehead atoms. The molecule has 1 aromatic rings. The predicted octanol–water partition coefficient (Wildman–Crippen LogP) is 3.98.